The van der Waals surface area contributed by atoms with E-state index in [4.69, 9.17) is 4.52 Å². The molecule has 2 aliphatic rings. The van der Waals surface area contributed by atoms with Crippen molar-refractivity contribution in [1.29, 1.82) is 5.26 Å². The number of nitriles is 1. The third-order valence-corrected chi connectivity index (χ3v) is 7.24. The van der Waals surface area contributed by atoms with Crippen molar-refractivity contribution < 1.29 is 4.52 Å². The Morgan fingerprint density at radius 3 is 2.31 bits per heavy atom. The van der Waals surface area contributed by atoms with Crippen molar-refractivity contribution in [2.75, 3.05) is 0 Å². The summed E-state index contributed by atoms with van der Waals surface area (Å²) in [5.74, 6) is 1.97. The second kappa shape index (κ2) is 9.28. The van der Waals surface area contributed by atoms with Crippen LogP contribution in [0.4, 0.5) is 0 Å². The Kier molecular flexibility index (Phi) is 6.08. The Morgan fingerprint density at radius 2 is 1.59 bits per heavy atom. The third kappa shape index (κ3) is 4.78. The van der Waals surface area contributed by atoms with Crippen LogP contribution in [0.3, 0.4) is 0 Å². The minimum Gasteiger partial charge on any atom is -0.337 e. The number of nitrogens with zero attached hydrogens (tertiary/aromatic N) is 3. The van der Waals surface area contributed by atoms with E-state index in [1.54, 1.807) is 0 Å². The van der Waals surface area contributed by atoms with Crippen molar-refractivity contribution >= 4 is 0 Å². The van der Waals surface area contributed by atoms with Gasteiger partial charge in [0.15, 0.2) is 0 Å². The van der Waals surface area contributed by atoms with Gasteiger partial charge < -0.3 is 4.52 Å². The lowest BCUT2D eigenvalue weighted by Gasteiger charge is -2.21. The molecule has 2 saturated carbocycles. The number of rotatable bonds is 8. The summed E-state index contributed by atoms with van der Waals surface area (Å²) >= 11 is 0. The number of benzene rings is 2. The van der Waals surface area contributed by atoms with E-state index in [0.29, 0.717) is 11.7 Å². The van der Waals surface area contributed by atoms with Gasteiger partial charge in [-0.25, -0.2) is 0 Å². The highest BCUT2D eigenvalue weighted by atomic mass is 16.5. The molecule has 1 aromatic heterocycles. The molecule has 5 rings (SSSR count). The quantitative estimate of drug-likeness (QED) is 0.408. The van der Waals surface area contributed by atoms with E-state index in [1.807, 2.05) is 6.07 Å². The third-order valence-electron chi connectivity index (χ3n) is 7.24. The molecular weight excluding hydrogens is 394 g/mol. The molecule has 0 radical (unpaired) electrons. The smallest absolute Gasteiger partial charge is 0.247 e. The minimum atomic E-state index is -0.537. The molecule has 3 aromatic rings. The fourth-order valence-electron chi connectivity index (χ4n) is 4.98. The Balaban J connectivity index is 1.20. The van der Waals surface area contributed by atoms with Gasteiger partial charge in [-0.3, -0.25) is 0 Å². The highest BCUT2D eigenvalue weighted by Crippen LogP contribution is 2.47. The molecule has 32 heavy (non-hydrogen) atoms. The van der Waals surface area contributed by atoms with Crippen molar-refractivity contribution in [3.8, 4) is 17.5 Å². The predicted octanol–water partition coefficient (Wildman–Crippen LogP) is 6.59. The van der Waals surface area contributed by atoms with E-state index < -0.39 is 5.41 Å². The second-order valence-electron chi connectivity index (χ2n) is 9.68. The minimum absolute atomic E-state index is 0.463. The Morgan fingerprint density at radius 1 is 0.906 bits per heavy atom. The molecule has 164 valence electrons. The maximum Gasteiger partial charge on any atom is 0.247 e. The first-order chi connectivity index (χ1) is 15.7. The number of hydrogen-bond acceptors (Lipinski definition) is 4. The topological polar surface area (TPSA) is 62.7 Å². The molecule has 2 aliphatic carbocycles. The highest BCUT2D eigenvalue weighted by molar-refractivity contribution is 5.56. The summed E-state index contributed by atoms with van der Waals surface area (Å²) in [6.07, 6.45) is 13.3. The monoisotopic (exact) mass is 425 g/mol. The van der Waals surface area contributed by atoms with Gasteiger partial charge in [0, 0.05) is 5.56 Å². The van der Waals surface area contributed by atoms with Crippen molar-refractivity contribution in [2.24, 2.45) is 5.92 Å². The van der Waals surface area contributed by atoms with Gasteiger partial charge in [0.05, 0.1) is 6.07 Å². The molecular formula is C28H31N3O. The van der Waals surface area contributed by atoms with Crippen LogP contribution in [0.1, 0.15) is 73.9 Å². The van der Waals surface area contributed by atoms with Gasteiger partial charge >= 0.3 is 0 Å². The highest BCUT2D eigenvalue weighted by Gasteiger charge is 2.50. The lowest BCUT2D eigenvalue weighted by atomic mass is 9.85. The van der Waals surface area contributed by atoms with Crippen LogP contribution in [0.2, 0.25) is 0 Å². The van der Waals surface area contributed by atoms with Crippen LogP contribution < -0.4 is 0 Å². The summed E-state index contributed by atoms with van der Waals surface area (Å²) in [6, 6.07) is 19.8. The van der Waals surface area contributed by atoms with Crippen LogP contribution in [-0.4, -0.2) is 10.1 Å². The van der Waals surface area contributed by atoms with Gasteiger partial charge in [0.25, 0.3) is 0 Å². The van der Waals surface area contributed by atoms with Gasteiger partial charge in [-0.05, 0) is 67.2 Å². The predicted molar refractivity (Wildman–Crippen MR) is 125 cm³/mol. The zero-order chi connectivity index (χ0) is 21.8. The van der Waals surface area contributed by atoms with E-state index in [2.05, 4.69) is 58.7 Å². The molecule has 0 aliphatic heterocycles. The average molecular weight is 426 g/mol. The molecule has 4 nitrogen and oxygen atoms in total. The molecule has 0 saturated heterocycles. The summed E-state index contributed by atoms with van der Waals surface area (Å²) in [5.41, 5.74) is 4.57. The molecule has 2 fully saturated rings. The van der Waals surface area contributed by atoms with E-state index in [1.165, 1.54) is 61.6 Å². The molecule has 1 heterocycles. The fourth-order valence-corrected chi connectivity index (χ4v) is 4.98. The largest absolute Gasteiger partial charge is 0.337 e. The van der Waals surface area contributed by atoms with Gasteiger partial charge in [-0.2, -0.15) is 10.2 Å². The molecule has 0 atom stereocenters. The molecule has 4 heteroatoms. The van der Waals surface area contributed by atoms with E-state index >= 15 is 0 Å². The summed E-state index contributed by atoms with van der Waals surface area (Å²) in [6.45, 7) is 0. The molecule has 0 bridgehead atoms. The molecule has 2 aromatic carbocycles. The zero-order valence-electron chi connectivity index (χ0n) is 18.7. The first kappa shape index (κ1) is 20.9. The van der Waals surface area contributed by atoms with Crippen LogP contribution >= 0.6 is 0 Å². The zero-order valence-corrected chi connectivity index (χ0v) is 18.7. The van der Waals surface area contributed by atoms with Gasteiger partial charge in [-0.15, -0.1) is 0 Å². The van der Waals surface area contributed by atoms with Crippen molar-refractivity contribution in [2.45, 2.75) is 76.0 Å². The summed E-state index contributed by atoms with van der Waals surface area (Å²) < 4.78 is 5.40. The summed E-state index contributed by atoms with van der Waals surface area (Å²) in [4.78, 5) is 4.52. The van der Waals surface area contributed by atoms with Crippen molar-refractivity contribution in [3.05, 3.63) is 71.1 Å². The number of hydrogen-bond donors (Lipinski definition) is 0. The maximum atomic E-state index is 9.35. The first-order valence-corrected chi connectivity index (χ1v) is 12.2. The summed E-state index contributed by atoms with van der Waals surface area (Å²) in [5, 5.41) is 13.5. The fraction of sp³-hybridized carbons (Fsp3) is 0.464. The van der Waals surface area contributed by atoms with E-state index in [-0.39, 0.29) is 0 Å². The Hall–Kier alpha value is -2.93. The lowest BCUT2D eigenvalue weighted by molar-refractivity contribution is 0.339. The second-order valence-corrected chi connectivity index (χ2v) is 9.68. The normalized spacial score (nSPS) is 17.7. The number of aryl methyl sites for hydroxylation is 3. The molecule has 0 unspecified atom stereocenters. The van der Waals surface area contributed by atoms with Crippen LogP contribution in [0.15, 0.2) is 53.1 Å². The Bertz CT molecular complexity index is 1100. The van der Waals surface area contributed by atoms with Gasteiger partial charge in [0.1, 0.15) is 5.41 Å². The van der Waals surface area contributed by atoms with E-state index in [9.17, 15) is 5.26 Å². The average Bonchev–Trinajstić information content (AvgIpc) is 3.50. The van der Waals surface area contributed by atoms with Gasteiger partial charge in [-0.1, -0.05) is 79.7 Å². The summed E-state index contributed by atoms with van der Waals surface area (Å²) in [7, 11) is 0. The van der Waals surface area contributed by atoms with Crippen LogP contribution in [0, 0.1) is 17.2 Å². The van der Waals surface area contributed by atoms with Crippen molar-refractivity contribution in [3.63, 3.8) is 0 Å². The van der Waals surface area contributed by atoms with Crippen LogP contribution in [0.5, 0.6) is 0 Å². The van der Waals surface area contributed by atoms with Crippen molar-refractivity contribution in [1.82, 2.24) is 10.1 Å². The van der Waals surface area contributed by atoms with E-state index in [0.717, 1.165) is 37.2 Å². The molecule has 0 spiro atoms. The van der Waals surface area contributed by atoms with Crippen LogP contribution in [-0.2, 0) is 24.7 Å². The first-order valence-electron chi connectivity index (χ1n) is 12.2. The number of aromatic nitrogens is 2. The SMILES string of the molecule is N#CC1(c2nc(-c3cccc(CCc4cccc(CCC5CCCCC5)c4)c3)no2)CC1. The standard InChI is InChI=1S/C28H31N3O/c29-20-28(16-17-28)27-30-26(31-32-27)25-11-5-10-24(19-25)15-14-23-9-4-8-22(18-23)13-12-21-6-2-1-3-7-21/h4-5,8-11,18-19,21H,1-3,6-7,12-17H2. The van der Waals surface area contributed by atoms with Crippen LogP contribution in [0.25, 0.3) is 11.4 Å². The maximum absolute atomic E-state index is 9.35. The molecule has 0 N–H and O–H groups in total. The van der Waals surface area contributed by atoms with Gasteiger partial charge in [0.2, 0.25) is 11.7 Å². The lowest BCUT2D eigenvalue weighted by Crippen LogP contribution is -2.07. The Labute approximate surface area is 190 Å². The molecule has 0 amide bonds.